The molecule has 1 atom stereocenters. The fraction of sp³-hybridized carbons (Fsp3) is 0.769. The maximum Gasteiger partial charge on any atom is 0.0951 e. The van der Waals surface area contributed by atoms with Crippen molar-refractivity contribution in [2.45, 2.75) is 51.6 Å². The van der Waals surface area contributed by atoms with Gasteiger partial charge in [-0.05, 0) is 46.6 Å². The molecule has 0 amide bonds. The van der Waals surface area contributed by atoms with Crippen molar-refractivity contribution >= 4 is 0 Å². The third kappa shape index (κ3) is 1.88. The van der Waals surface area contributed by atoms with Gasteiger partial charge in [-0.25, -0.2) is 4.98 Å². The molecule has 16 heavy (non-hydrogen) atoms. The lowest BCUT2D eigenvalue weighted by Crippen LogP contribution is -2.37. The first kappa shape index (κ1) is 11.6. The number of nitrogens with zero attached hydrogens (tertiary/aromatic N) is 2. The lowest BCUT2D eigenvalue weighted by molar-refractivity contribution is 0.212. The molecule has 1 N–H and O–H groups in total. The monoisotopic (exact) mass is 221 g/mol. The Bertz CT molecular complexity index is 350. The molecule has 0 aliphatic heterocycles. The van der Waals surface area contributed by atoms with Crippen molar-refractivity contribution in [1.82, 2.24) is 14.9 Å². The van der Waals surface area contributed by atoms with Crippen LogP contribution < -0.4 is 5.32 Å². The van der Waals surface area contributed by atoms with Crippen LogP contribution in [0, 0.1) is 5.92 Å². The first-order valence-corrected chi connectivity index (χ1v) is 6.27. The smallest absolute Gasteiger partial charge is 0.0951 e. The maximum absolute atomic E-state index is 4.32. The Balaban J connectivity index is 2.24. The van der Waals surface area contributed by atoms with Crippen LogP contribution in [0.4, 0.5) is 0 Å². The van der Waals surface area contributed by atoms with E-state index in [9.17, 15) is 0 Å². The second kappa shape index (κ2) is 4.21. The summed E-state index contributed by atoms with van der Waals surface area (Å²) in [5.41, 5.74) is 1.28. The zero-order chi connectivity index (χ0) is 11.8. The Morgan fingerprint density at radius 3 is 2.69 bits per heavy atom. The van der Waals surface area contributed by atoms with Gasteiger partial charge >= 0.3 is 0 Å². The third-order valence-electron chi connectivity index (χ3n) is 4.20. The molecular formula is C13H23N3. The molecule has 0 spiro atoms. The van der Waals surface area contributed by atoms with Gasteiger partial charge in [-0.1, -0.05) is 6.42 Å². The van der Waals surface area contributed by atoms with Gasteiger partial charge in [0.15, 0.2) is 0 Å². The maximum atomic E-state index is 4.32. The zero-order valence-electron chi connectivity index (χ0n) is 10.8. The average molecular weight is 221 g/mol. The van der Waals surface area contributed by atoms with Crippen LogP contribution in [0.1, 0.15) is 51.8 Å². The van der Waals surface area contributed by atoms with Crippen LogP contribution in [0.15, 0.2) is 12.5 Å². The van der Waals surface area contributed by atoms with E-state index in [1.54, 1.807) is 0 Å². The van der Waals surface area contributed by atoms with Crippen molar-refractivity contribution in [3.63, 3.8) is 0 Å². The van der Waals surface area contributed by atoms with Gasteiger partial charge in [-0.3, -0.25) is 0 Å². The van der Waals surface area contributed by atoms with Crippen molar-refractivity contribution in [3.05, 3.63) is 18.2 Å². The highest BCUT2D eigenvalue weighted by Gasteiger charge is 2.29. The Kier molecular flexibility index (Phi) is 3.06. The molecule has 1 aromatic heterocycles. The fourth-order valence-electron chi connectivity index (χ4n) is 2.39. The molecule has 0 saturated heterocycles. The Hall–Kier alpha value is -0.830. The first-order chi connectivity index (χ1) is 7.56. The molecule has 0 aromatic carbocycles. The molecule has 1 aliphatic rings. The molecule has 1 aromatic rings. The predicted molar refractivity (Wildman–Crippen MR) is 66.4 cm³/mol. The highest BCUT2D eigenvalue weighted by molar-refractivity contribution is 5.12. The topological polar surface area (TPSA) is 29.9 Å². The Morgan fingerprint density at radius 1 is 1.50 bits per heavy atom. The van der Waals surface area contributed by atoms with Gasteiger partial charge in [0.1, 0.15) is 0 Å². The van der Waals surface area contributed by atoms with Crippen molar-refractivity contribution in [2.24, 2.45) is 5.92 Å². The van der Waals surface area contributed by atoms with Crippen LogP contribution in [0.3, 0.4) is 0 Å². The Labute approximate surface area is 98.3 Å². The summed E-state index contributed by atoms with van der Waals surface area (Å²) in [6, 6.07) is 0.582. The number of rotatable bonds is 4. The molecule has 3 nitrogen and oxygen atoms in total. The van der Waals surface area contributed by atoms with Gasteiger partial charge in [-0.15, -0.1) is 0 Å². The minimum Gasteiger partial charge on any atom is -0.330 e. The van der Waals surface area contributed by atoms with Crippen molar-refractivity contribution in [3.8, 4) is 0 Å². The molecule has 0 radical (unpaired) electrons. The molecule has 2 rings (SSSR count). The summed E-state index contributed by atoms with van der Waals surface area (Å²) in [4.78, 5) is 4.32. The van der Waals surface area contributed by atoms with Crippen LogP contribution in [0.25, 0.3) is 0 Å². The lowest BCUT2D eigenvalue weighted by Gasteiger charge is -2.35. The van der Waals surface area contributed by atoms with E-state index in [0.717, 1.165) is 5.92 Å². The van der Waals surface area contributed by atoms with Crippen LogP contribution in [0.5, 0.6) is 0 Å². The van der Waals surface area contributed by atoms with E-state index >= 15 is 0 Å². The lowest BCUT2D eigenvalue weighted by atomic mass is 9.80. The summed E-state index contributed by atoms with van der Waals surface area (Å²) < 4.78 is 2.35. The van der Waals surface area contributed by atoms with Gasteiger partial charge in [0.05, 0.1) is 23.8 Å². The Morgan fingerprint density at radius 2 is 2.19 bits per heavy atom. The van der Waals surface area contributed by atoms with Crippen LogP contribution in [-0.4, -0.2) is 16.6 Å². The summed E-state index contributed by atoms with van der Waals surface area (Å²) in [5.74, 6) is 0.848. The predicted octanol–water partition coefficient (Wildman–Crippen LogP) is 2.70. The summed E-state index contributed by atoms with van der Waals surface area (Å²) >= 11 is 0. The van der Waals surface area contributed by atoms with E-state index < -0.39 is 0 Å². The quantitative estimate of drug-likeness (QED) is 0.847. The normalized spacial score (nSPS) is 19.5. The van der Waals surface area contributed by atoms with Crippen molar-refractivity contribution < 1.29 is 0 Å². The number of hydrogen-bond donors (Lipinski definition) is 1. The van der Waals surface area contributed by atoms with Gasteiger partial charge in [0, 0.05) is 6.04 Å². The second-order valence-electron chi connectivity index (χ2n) is 5.49. The second-order valence-corrected chi connectivity index (χ2v) is 5.49. The SMILES string of the molecule is CNC(C)(C)c1cncn1C(C)C1CCC1. The number of imidazole rings is 1. The molecule has 3 heteroatoms. The molecule has 0 bridgehead atoms. The van der Waals surface area contributed by atoms with Crippen LogP contribution in [-0.2, 0) is 5.54 Å². The number of nitrogens with one attached hydrogen (secondary N) is 1. The van der Waals surface area contributed by atoms with E-state index in [1.165, 1.54) is 25.0 Å². The minimum absolute atomic E-state index is 0.00545. The van der Waals surface area contributed by atoms with E-state index in [0.29, 0.717) is 6.04 Å². The van der Waals surface area contributed by atoms with Crippen molar-refractivity contribution in [1.29, 1.82) is 0 Å². The van der Waals surface area contributed by atoms with Gasteiger partial charge < -0.3 is 9.88 Å². The molecule has 1 fully saturated rings. The largest absolute Gasteiger partial charge is 0.330 e. The third-order valence-corrected chi connectivity index (χ3v) is 4.20. The summed E-state index contributed by atoms with van der Waals surface area (Å²) in [6.07, 6.45) is 8.12. The van der Waals surface area contributed by atoms with Gasteiger partial charge in [-0.2, -0.15) is 0 Å². The van der Waals surface area contributed by atoms with E-state index in [2.05, 4.69) is 35.6 Å². The molecule has 1 heterocycles. The standard InChI is InChI=1S/C13H23N3/c1-10(11-6-5-7-11)16-9-15-8-12(16)13(2,3)14-4/h8-11,14H,5-7H2,1-4H3. The number of hydrogen-bond acceptors (Lipinski definition) is 2. The molecule has 1 saturated carbocycles. The molecule has 1 unspecified atom stereocenters. The average Bonchev–Trinajstić information content (AvgIpc) is 2.63. The van der Waals surface area contributed by atoms with E-state index in [1.807, 2.05) is 19.6 Å². The molecular weight excluding hydrogens is 198 g/mol. The minimum atomic E-state index is -0.00545. The highest BCUT2D eigenvalue weighted by atomic mass is 15.1. The molecule has 90 valence electrons. The highest BCUT2D eigenvalue weighted by Crippen LogP contribution is 2.37. The van der Waals surface area contributed by atoms with Crippen molar-refractivity contribution in [2.75, 3.05) is 7.05 Å². The summed E-state index contributed by atoms with van der Waals surface area (Å²) in [5, 5.41) is 3.35. The van der Waals surface area contributed by atoms with E-state index in [4.69, 9.17) is 0 Å². The van der Waals surface area contributed by atoms with Crippen LogP contribution >= 0.6 is 0 Å². The zero-order valence-corrected chi connectivity index (χ0v) is 10.8. The van der Waals surface area contributed by atoms with Gasteiger partial charge in [0.25, 0.3) is 0 Å². The summed E-state index contributed by atoms with van der Waals surface area (Å²) in [6.45, 7) is 6.72. The number of aromatic nitrogens is 2. The van der Waals surface area contributed by atoms with Crippen LogP contribution in [0.2, 0.25) is 0 Å². The summed E-state index contributed by atoms with van der Waals surface area (Å²) in [7, 11) is 2.01. The van der Waals surface area contributed by atoms with E-state index in [-0.39, 0.29) is 5.54 Å². The first-order valence-electron chi connectivity index (χ1n) is 6.27. The fourth-order valence-corrected chi connectivity index (χ4v) is 2.39. The molecule has 1 aliphatic carbocycles. The van der Waals surface area contributed by atoms with Gasteiger partial charge in [0.2, 0.25) is 0 Å².